The van der Waals surface area contributed by atoms with Gasteiger partial charge in [0.2, 0.25) is 0 Å². The fourth-order valence-corrected chi connectivity index (χ4v) is 2.96. The number of halogens is 1. The Balaban J connectivity index is 1.81. The number of rotatable bonds is 5. The number of hydrogen-bond acceptors (Lipinski definition) is 5. The molecule has 130 valence electrons. The van der Waals surface area contributed by atoms with Crippen LogP contribution < -0.4 is 4.90 Å². The maximum atomic E-state index is 13.3. The second kappa shape index (κ2) is 6.92. The molecular formula is C20H17FN4O. The molecule has 2 aromatic carbocycles. The van der Waals surface area contributed by atoms with E-state index in [0.29, 0.717) is 18.0 Å². The molecule has 26 heavy (non-hydrogen) atoms. The van der Waals surface area contributed by atoms with Gasteiger partial charge in [-0.05, 0) is 36.8 Å². The van der Waals surface area contributed by atoms with Gasteiger partial charge in [-0.25, -0.2) is 9.37 Å². The Labute approximate surface area is 150 Å². The molecular weight excluding hydrogens is 331 g/mol. The first-order valence-electron chi connectivity index (χ1n) is 8.41. The Morgan fingerprint density at radius 1 is 1.00 bits per heavy atom. The van der Waals surface area contributed by atoms with E-state index in [9.17, 15) is 4.39 Å². The molecule has 0 radical (unpaired) electrons. The van der Waals surface area contributed by atoms with Gasteiger partial charge in [0.1, 0.15) is 29.0 Å². The molecule has 0 aliphatic heterocycles. The van der Waals surface area contributed by atoms with Crippen molar-refractivity contribution in [2.45, 2.75) is 13.5 Å². The highest BCUT2D eigenvalue weighted by Gasteiger charge is 2.20. The van der Waals surface area contributed by atoms with Crippen molar-refractivity contribution in [1.82, 2.24) is 15.1 Å². The lowest BCUT2D eigenvalue weighted by atomic mass is 10.1. The van der Waals surface area contributed by atoms with Crippen molar-refractivity contribution in [2.24, 2.45) is 0 Å². The van der Waals surface area contributed by atoms with Crippen LogP contribution in [0.25, 0.3) is 22.4 Å². The van der Waals surface area contributed by atoms with E-state index in [1.54, 1.807) is 12.1 Å². The minimum atomic E-state index is -0.294. The summed E-state index contributed by atoms with van der Waals surface area (Å²) in [6.45, 7) is 3.54. The zero-order valence-corrected chi connectivity index (χ0v) is 14.3. The van der Waals surface area contributed by atoms with Gasteiger partial charge in [0.05, 0.1) is 0 Å². The van der Waals surface area contributed by atoms with Crippen LogP contribution in [0.15, 0.2) is 65.4 Å². The highest BCUT2D eigenvalue weighted by Crippen LogP contribution is 2.33. The summed E-state index contributed by atoms with van der Waals surface area (Å²) < 4.78 is 18.7. The van der Waals surface area contributed by atoms with E-state index in [4.69, 9.17) is 4.52 Å². The van der Waals surface area contributed by atoms with Crippen molar-refractivity contribution < 1.29 is 8.91 Å². The molecule has 0 bridgehead atoms. The normalized spacial score (nSPS) is 11.0. The van der Waals surface area contributed by atoms with Gasteiger partial charge in [0, 0.05) is 18.7 Å². The topological polar surface area (TPSA) is 55.1 Å². The Morgan fingerprint density at radius 2 is 1.77 bits per heavy atom. The predicted molar refractivity (Wildman–Crippen MR) is 98.2 cm³/mol. The van der Waals surface area contributed by atoms with Crippen LogP contribution in [0.5, 0.6) is 0 Å². The monoisotopic (exact) mass is 348 g/mol. The molecule has 0 N–H and O–H groups in total. The first-order valence-corrected chi connectivity index (χ1v) is 8.41. The van der Waals surface area contributed by atoms with Crippen LogP contribution in [-0.2, 0) is 6.54 Å². The first kappa shape index (κ1) is 16.2. The standard InChI is InChI=1S/C20H17FN4O/c1-2-25(12-14-6-4-3-5-7-14)19-17-18(15-8-10-16(21)11-9-15)24-26-20(17)23-13-22-19/h3-11,13H,2,12H2,1H3. The van der Waals surface area contributed by atoms with Crippen LogP contribution in [0.1, 0.15) is 12.5 Å². The van der Waals surface area contributed by atoms with E-state index >= 15 is 0 Å². The van der Waals surface area contributed by atoms with Crippen molar-refractivity contribution in [1.29, 1.82) is 0 Å². The predicted octanol–water partition coefficient (Wildman–Crippen LogP) is 4.45. The number of fused-ring (bicyclic) bond motifs is 1. The third-order valence-corrected chi connectivity index (χ3v) is 4.27. The van der Waals surface area contributed by atoms with Crippen LogP contribution in [0, 0.1) is 5.82 Å². The van der Waals surface area contributed by atoms with Gasteiger partial charge in [0.25, 0.3) is 5.71 Å². The largest absolute Gasteiger partial charge is 0.352 e. The second-order valence-corrected chi connectivity index (χ2v) is 5.92. The van der Waals surface area contributed by atoms with Crippen molar-refractivity contribution >= 4 is 16.9 Å². The Hall–Kier alpha value is -3.28. The Morgan fingerprint density at radius 3 is 2.50 bits per heavy atom. The molecule has 4 aromatic rings. The SMILES string of the molecule is CCN(Cc1ccccc1)c1ncnc2onc(-c3ccc(F)cc3)c12. The fourth-order valence-electron chi connectivity index (χ4n) is 2.96. The zero-order chi connectivity index (χ0) is 17.9. The van der Waals surface area contributed by atoms with Gasteiger partial charge in [0.15, 0.2) is 0 Å². The molecule has 0 aliphatic carbocycles. The molecule has 0 saturated heterocycles. The minimum Gasteiger partial charge on any atom is -0.352 e. The van der Waals surface area contributed by atoms with E-state index in [2.05, 4.69) is 39.1 Å². The molecule has 0 unspecified atom stereocenters. The van der Waals surface area contributed by atoms with Crippen molar-refractivity contribution in [3.8, 4) is 11.3 Å². The first-order chi connectivity index (χ1) is 12.8. The molecule has 0 aliphatic rings. The molecule has 0 spiro atoms. The van der Waals surface area contributed by atoms with Crippen LogP contribution in [0.3, 0.4) is 0 Å². The smallest absolute Gasteiger partial charge is 0.263 e. The summed E-state index contributed by atoms with van der Waals surface area (Å²) >= 11 is 0. The molecule has 4 rings (SSSR count). The summed E-state index contributed by atoms with van der Waals surface area (Å²) in [5.74, 6) is 0.458. The van der Waals surface area contributed by atoms with Gasteiger partial charge in [-0.15, -0.1) is 0 Å². The average Bonchev–Trinajstić information content (AvgIpc) is 3.12. The highest BCUT2D eigenvalue weighted by atomic mass is 19.1. The van der Waals surface area contributed by atoms with Crippen molar-refractivity contribution in [3.05, 3.63) is 72.3 Å². The number of benzene rings is 2. The summed E-state index contributed by atoms with van der Waals surface area (Å²) in [6, 6.07) is 16.3. The third-order valence-electron chi connectivity index (χ3n) is 4.27. The molecule has 2 heterocycles. The fraction of sp³-hybridized carbons (Fsp3) is 0.150. The molecule has 0 fully saturated rings. The van der Waals surface area contributed by atoms with Crippen molar-refractivity contribution in [3.63, 3.8) is 0 Å². The van der Waals surface area contributed by atoms with Gasteiger partial charge >= 0.3 is 0 Å². The summed E-state index contributed by atoms with van der Waals surface area (Å²) in [7, 11) is 0. The third kappa shape index (κ3) is 3.01. The zero-order valence-electron chi connectivity index (χ0n) is 14.3. The van der Waals surface area contributed by atoms with Gasteiger partial charge < -0.3 is 9.42 Å². The van der Waals surface area contributed by atoms with Crippen LogP contribution >= 0.6 is 0 Å². The lowest BCUT2D eigenvalue weighted by Gasteiger charge is -2.22. The number of anilines is 1. The number of hydrogen-bond donors (Lipinski definition) is 0. The number of aromatic nitrogens is 3. The molecule has 0 amide bonds. The van der Waals surface area contributed by atoms with E-state index in [1.165, 1.54) is 24.0 Å². The van der Waals surface area contributed by atoms with E-state index in [1.807, 2.05) is 18.2 Å². The molecule has 2 aromatic heterocycles. The Kier molecular flexibility index (Phi) is 4.31. The lowest BCUT2D eigenvalue weighted by molar-refractivity contribution is 0.451. The van der Waals surface area contributed by atoms with Gasteiger partial charge in [-0.2, -0.15) is 4.98 Å². The molecule has 5 nitrogen and oxygen atoms in total. The second-order valence-electron chi connectivity index (χ2n) is 5.92. The van der Waals surface area contributed by atoms with E-state index < -0.39 is 0 Å². The number of nitrogens with zero attached hydrogens (tertiary/aromatic N) is 4. The van der Waals surface area contributed by atoms with Crippen LogP contribution in [0.2, 0.25) is 0 Å². The summed E-state index contributed by atoms with van der Waals surface area (Å²) in [5, 5.41) is 4.89. The van der Waals surface area contributed by atoms with Gasteiger partial charge in [-0.3, -0.25) is 0 Å². The van der Waals surface area contributed by atoms with Gasteiger partial charge in [-0.1, -0.05) is 35.5 Å². The summed E-state index contributed by atoms with van der Waals surface area (Å²) in [4.78, 5) is 10.8. The maximum absolute atomic E-state index is 13.3. The minimum absolute atomic E-state index is 0.294. The molecule has 6 heteroatoms. The summed E-state index contributed by atoms with van der Waals surface area (Å²) in [6.07, 6.45) is 1.48. The quantitative estimate of drug-likeness (QED) is 0.533. The van der Waals surface area contributed by atoms with E-state index in [0.717, 1.165) is 23.3 Å². The molecule has 0 saturated carbocycles. The van der Waals surface area contributed by atoms with E-state index in [-0.39, 0.29) is 5.82 Å². The molecule has 0 atom stereocenters. The van der Waals surface area contributed by atoms with Crippen molar-refractivity contribution in [2.75, 3.05) is 11.4 Å². The average molecular weight is 348 g/mol. The Bertz CT molecular complexity index is 1020. The van der Waals surface area contributed by atoms with Crippen LogP contribution in [0.4, 0.5) is 10.2 Å². The summed E-state index contributed by atoms with van der Waals surface area (Å²) in [5.41, 5.74) is 2.97. The van der Waals surface area contributed by atoms with Crippen LogP contribution in [-0.4, -0.2) is 21.7 Å². The highest BCUT2D eigenvalue weighted by molar-refractivity contribution is 5.97. The lowest BCUT2D eigenvalue weighted by Crippen LogP contribution is -2.23. The maximum Gasteiger partial charge on any atom is 0.263 e.